The molecule has 2 aromatic rings. The lowest BCUT2D eigenvalue weighted by atomic mass is 9.85. The summed E-state index contributed by atoms with van der Waals surface area (Å²) in [7, 11) is 0. The highest BCUT2D eigenvalue weighted by Gasteiger charge is 2.59. The maximum absolute atomic E-state index is 12.8. The van der Waals surface area contributed by atoms with Crippen molar-refractivity contribution in [1.82, 2.24) is 5.01 Å². The van der Waals surface area contributed by atoms with Gasteiger partial charge < -0.3 is 14.2 Å². The van der Waals surface area contributed by atoms with Crippen molar-refractivity contribution >= 4 is 18.0 Å². The summed E-state index contributed by atoms with van der Waals surface area (Å²) in [4.78, 5) is 25.6. The second-order valence-electron chi connectivity index (χ2n) is 8.25. The SMILES string of the molecule is O=C1[C@@H]2[C@H](C(=O)N1N=Cc1ccccc1OCc1ccc3c(c1)OCO3)[C@H]1C=C[C@H]2C1. The van der Waals surface area contributed by atoms with Gasteiger partial charge in [0.1, 0.15) is 12.4 Å². The predicted octanol–water partition coefficient (Wildman–Crippen LogP) is 3.14. The normalized spacial score (nSPS) is 27.5. The van der Waals surface area contributed by atoms with Crippen LogP contribution in [0.5, 0.6) is 17.2 Å². The monoisotopic (exact) mass is 416 g/mol. The summed E-state index contributed by atoms with van der Waals surface area (Å²) in [5, 5.41) is 5.31. The van der Waals surface area contributed by atoms with Crippen molar-refractivity contribution in [3.63, 3.8) is 0 Å². The zero-order valence-corrected chi connectivity index (χ0v) is 16.6. The predicted molar refractivity (Wildman–Crippen MR) is 111 cm³/mol. The van der Waals surface area contributed by atoms with E-state index in [1.807, 2.05) is 42.5 Å². The van der Waals surface area contributed by atoms with Crippen molar-refractivity contribution in [1.29, 1.82) is 0 Å². The van der Waals surface area contributed by atoms with Gasteiger partial charge in [-0.25, -0.2) is 0 Å². The second kappa shape index (κ2) is 6.97. The molecule has 4 aliphatic rings. The molecule has 2 bridgehead atoms. The average molecular weight is 416 g/mol. The van der Waals surface area contributed by atoms with Crippen molar-refractivity contribution in [2.45, 2.75) is 13.0 Å². The topological polar surface area (TPSA) is 77.4 Å². The highest BCUT2D eigenvalue weighted by molar-refractivity contribution is 6.06. The first kappa shape index (κ1) is 18.2. The van der Waals surface area contributed by atoms with Gasteiger partial charge in [0.15, 0.2) is 11.5 Å². The van der Waals surface area contributed by atoms with Crippen molar-refractivity contribution in [2.75, 3.05) is 6.79 Å². The maximum Gasteiger partial charge on any atom is 0.254 e. The molecule has 156 valence electrons. The number of amides is 2. The zero-order chi connectivity index (χ0) is 20.9. The van der Waals surface area contributed by atoms with Crippen LogP contribution in [0.2, 0.25) is 0 Å². The van der Waals surface area contributed by atoms with Gasteiger partial charge in [-0.05, 0) is 48.1 Å². The Labute approximate surface area is 178 Å². The van der Waals surface area contributed by atoms with E-state index in [1.54, 1.807) is 0 Å². The van der Waals surface area contributed by atoms with Crippen LogP contribution in [-0.4, -0.2) is 29.8 Å². The van der Waals surface area contributed by atoms with Gasteiger partial charge in [0.2, 0.25) is 6.79 Å². The Morgan fingerprint density at radius 1 is 1.00 bits per heavy atom. The van der Waals surface area contributed by atoms with Gasteiger partial charge >= 0.3 is 0 Å². The lowest BCUT2D eigenvalue weighted by Crippen LogP contribution is -2.28. The largest absolute Gasteiger partial charge is 0.488 e. The first-order chi connectivity index (χ1) is 15.2. The van der Waals surface area contributed by atoms with E-state index in [1.165, 1.54) is 6.21 Å². The third-order valence-corrected chi connectivity index (χ3v) is 6.51. The first-order valence-corrected chi connectivity index (χ1v) is 10.4. The molecule has 2 fully saturated rings. The number of rotatable bonds is 5. The van der Waals surface area contributed by atoms with Crippen molar-refractivity contribution < 1.29 is 23.8 Å². The molecule has 7 heteroatoms. The maximum atomic E-state index is 12.8. The van der Waals surface area contributed by atoms with Crippen LogP contribution in [0.1, 0.15) is 17.5 Å². The molecule has 0 unspecified atom stereocenters. The fourth-order valence-electron chi connectivity index (χ4n) is 5.03. The minimum absolute atomic E-state index is 0.170. The van der Waals surface area contributed by atoms with E-state index < -0.39 is 0 Å². The molecular formula is C24H20N2O5. The molecule has 0 aromatic heterocycles. The number of benzene rings is 2. The highest BCUT2D eigenvalue weighted by atomic mass is 16.7. The quantitative estimate of drug-likeness (QED) is 0.425. The van der Waals surface area contributed by atoms with E-state index in [9.17, 15) is 9.59 Å². The van der Waals surface area contributed by atoms with Crippen LogP contribution < -0.4 is 14.2 Å². The number of para-hydroxylation sites is 1. The highest BCUT2D eigenvalue weighted by Crippen LogP contribution is 2.52. The summed E-state index contributed by atoms with van der Waals surface area (Å²) in [6.07, 6.45) is 6.58. The number of allylic oxidation sites excluding steroid dienone is 2. The number of carbonyl (C=O) groups is 2. The summed E-state index contributed by atoms with van der Waals surface area (Å²) in [5.74, 6) is 1.50. The number of hydrazone groups is 1. The lowest BCUT2D eigenvalue weighted by Gasteiger charge is -2.13. The van der Waals surface area contributed by atoms with E-state index in [0.29, 0.717) is 23.7 Å². The van der Waals surface area contributed by atoms with Crippen molar-refractivity contribution in [3.8, 4) is 17.2 Å². The fourth-order valence-corrected chi connectivity index (χ4v) is 5.03. The Morgan fingerprint density at radius 2 is 1.74 bits per heavy atom. The third kappa shape index (κ3) is 2.91. The van der Waals surface area contributed by atoms with E-state index >= 15 is 0 Å². The molecular weight excluding hydrogens is 396 g/mol. The molecule has 7 nitrogen and oxygen atoms in total. The van der Waals surface area contributed by atoms with Gasteiger partial charge in [0.25, 0.3) is 11.8 Å². The summed E-state index contributed by atoms with van der Waals surface area (Å²) < 4.78 is 16.7. The molecule has 1 saturated carbocycles. The van der Waals surface area contributed by atoms with Crippen LogP contribution in [0.25, 0.3) is 0 Å². The number of hydrogen-bond donors (Lipinski definition) is 0. The summed E-state index contributed by atoms with van der Waals surface area (Å²) in [6.45, 7) is 0.564. The van der Waals surface area contributed by atoms with E-state index in [0.717, 1.165) is 22.7 Å². The van der Waals surface area contributed by atoms with Crippen LogP contribution >= 0.6 is 0 Å². The summed E-state index contributed by atoms with van der Waals surface area (Å²) in [5.41, 5.74) is 1.64. The van der Waals surface area contributed by atoms with Gasteiger partial charge in [-0.2, -0.15) is 10.1 Å². The Hall–Kier alpha value is -3.61. The smallest absolute Gasteiger partial charge is 0.254 e. The number of ether oxygens (including phenoxy) is 3. The number of carbonyl (C=O) groups excluding carboxylic acids is 2. The van der Waals surface area contributed by atoms with Gasteiger partial charge in [0, 0.05) is 5.56 Å². The van der Waals surface area contributed by atoms with Crippen molar-refractivity contribution in [3.05, 3.63) is 65.7 Å². The van der Waals surface area contributed by atoms with Crippen LogP contribution in [0, 0.1) is 23.7 Å². The molecule has 0 spiro atoms. The molecule has 6 rings (SSSR count). The molecule has 2 amide bonds. The number of nitrogens with zero attached hydrogens (tertiary/aromatic N) is 2. The van der Waals surface area contributed by atoms with Crippen LogP contribution in [0.3, 0.4) is 0 Å². The molecule has 2 aliphatic carbocycles. The number of hydrogen-bond acceptors (Lipinski definition) is 6. The number of imide groups is 1. The van der Waals surface area contributed by atoms with E-state index in [2.05, 4.69) is 17.3 Å². The van der Waals surface area contributed by atoms with Gasteiger partial charge in [0.05, 0.1) is 18.1 Å². The minimum Gasteiger partial charge on any atom is -0.488 e. The number of fused-ring (bicyclic) bond motifs is 6. The van der Waals surface area contributed by atoms with Gasteiger partial charge in [-0.3, -0.25) is 9.59 Å². The summed E-state index contributed by atoms with van der Waals surface area (Å²) in [6, 6.07) is 13.1. The fraction of sp³-hybridized carbons (Fsp3) is 0.292. The van der Waals surface area contributed by atoms with Crippen molar-refractivity contribution in [2.24, 2.45) is 28.8 Å². The van der Waals surface area contributed by atoms with Crippen LogP contribution in [0.15, 0.2) is 59.7 Å². The molecule has 0 radical (unpaired) electrons. The second-order valence-corrected chi connectivity index (χ2v) is 8.25. The van der Waals surface area contributed by atoms with E-state index in [4.69, 9.17) is 14.2 Å². The molecule has 4 atom stereocenters. The van der Waals surface area contributed by atoms with Gasteiger partial charge in [-0.1, -0.05) is 30.4 Å². The Kier molecular flexibility index (Phi) is 4.09. The Morgan fingerprint density at radius 3 is 2.55 bits per heavy atom. The third-order valence-electron chi connectivity index (χ3n) is 6.51. The average Bonchev–Trinajstić information content (AvgIpc) is 3.56. The lowest BCUT2D eigenvalue weighted by molar-refractivity contribution is -0.140. The van der Waals surface area contributed by atoms with Crippen LogP contribution in [-0.2, 0) is 16.2 Å². The zero-order valence-electron chi connectivity index (χ0n) is 16.6. The minimum atomic E-state index is -0.253. The molecule has 2 aromatic carbocycles. The molecule has 0 N–H and O–H groups in total. The Bertz CT molecular complexity index is 1110. The standard InChI is InChI=1S/C24H20N2O5/c27-23-21-15-6-7-16(10-15)22(21)24(28)26(23)25-11-17-3-1-2-4-18(17)29-12-14-5-8-19-20(9-14)31-13-30-19/h1-9,11,15-16,21-22H,10,12-13H2/t15-,16-,21-,22+/m0/s1. The molecule has 1 saturated heterocycles. The van der Waals surface area contributed by atoms with Crippen LogP contribution in [0.4, 0.5) is 0 Å². The van der Waals surface area contributed by atoms with E-state index in [-0.39, 0.29) is 42.3 Å². The first-order valence-electron chi connectivity index (χ1n) is 10.4. The molecule has 2 aliphatic heterocycles. The summed E-state index contributed by atoms with van der Waals surface area (Å²) >= 11 is 0. The Balaban J connectivity index is 1.18. The van der Waals surface area contributed by atoms with Gasteiger partial charge in [-0.15, -0.1) is 0 Å². The molecule has 2 heterocycles. The molecule has 31 heavy (non-hydrogen) atoms.